The zero-order chi connectivity index (χ0) is 17.6. The first-order valence-corrected chi connectivity index (χ1v) is 6.85. The summed E-state index contributed by atoms with van der Waals surface area (Å²) in [4.78, 5) is 0. The van der Waals surface area contributed by atoms with E-state index in [1.165, 1.54) is 18.3 Å². The molecule has 0 bridgehead atoms. The summed E-state index contributed by atoms with van der Waals surface area (Å²) in [7, 11) is 0. The van der Waals surface area contributed by atoms with Gasteiger partial charge >= 0.3 is 6.18 Å². The van der Waals surface area contributed by atoms with Crippen LogP contribution in [-0.4, -0.2) is 12.2 Å². The number of benzene rings is 2. The Hall–Kier alpha value is -3.03. The van der Waals surface area contributed by atoms with Crippen LogP contribution >= 0.6 is 0 Å². The summed E-state index contributed by atoms with van der Waals surface area (Å²) >= 11 is 0. The first kappa shape index (κ1) is 17.3. The number of ether oxygens (including phenoxy) is 1. The lowest BCUT2D eigenvalue weighted by Crippen LogP contribution is -2.21. The summed E-state index contributed by atoms with van der Waals surface area (Å²) < 4.78 is 43.1. The largest absolute Gasteiger partial charge is 0.489 e. The molecule has 2 aromatic carbocycles. The molecule has 0 heterocycles. The molecule has 5 nitrogen and oxygen atoms in total. The summed E-state index contributed by atoms with van der Waals surface area (Å²) in [6.45, 7) is 0.145. The van der Waals surface area contributed by atoms with Crippen LogP contribution in [0, 0.1) is 0 Å². The third-order valence-corrected chi connectivity index (χ3v) is 2.92. The minimum Gasteiger partial charge on any atom is -0.489 e. The van der Waals surface area contributed by atoms with E-state index in [1.807, 2.05) is 0 Å². The highest BCUT2D eigenvalue weighted by Gasteiger charge is 2.29. The van der Waals surface area contributed by atoms with E-state index in [0.717, 1.165) is 12.1 Å². The van der Waals surface area contributed by atoms with Gasteiger partial charge in [0.15, 0.2) is 0 Å². The van der Waals surface area contributed by atoms with Gasteiger partial charge in [-0.2, -0.15) is 18.3 Å². The van der Waals surface area contributed by atoms with Gasteiger partial charge in [-0.3, -0.25) is 0 Å². The molecule has 2 rings (SSSR count). The van der Waals surface area contributed by atoms with Crippen molar-refractivity contribution < 1.29 is 17.9 Å². The monoisotopic (exact) mass is 336 g/mol. The molecule has 0 saturated carbocycles. The van der Waals surface area contributed by atoms with Crippen LogP contribution in [0.1, 0.15) is 16.7 Å². The van der Waals surface area contributed by atoms with Gasteiger partial charge in [-0.1, -0.05) is 24.3 Å². The maximum absolute atomic E-state index is 12.5. The van der Waals surface area contributed by atoms with Crippen molar-refractivity contribution >= 4 is 12.2 Å². The average Bonchev–Trinajstić information content (AvgIpc) is 2.52. The van der Waals surface area contributed by atoms with E-state index in [9.17, 15) is 13.2 Å². The number of halogens is 3. The zero-order valence-electron chi connectivity index (χ0n) is 12.5. The van der Waals surface area contributed by atoms with Crippen molar-refractivity contribution in [2.45, 2.75) is 12.8 Å². The van der Waals surface area contributed by atoms with Crippen LogP contribution < -0.4 is 16.2 Å². The first-order chi connectivity index (χ1) is 11.3. The molecule has 0 radical (unpaired) electrons. The number of nitrogens with two attached hydrogens (primary N) is 2. The second kappa shape index (κ2) is 7.49. The Bertz CT molecular complexity index is 736. The zero-order valence-corrected chi connectivity index (χ0v) is 12.5. The average molecular weight is 336 g/mol. The highest BCUT2D eigenvalue weighted by Crippen LogP contribution is 2.29. The number of alkyl halides is 3. The molecule has 0 unspecified atom stereocenters. The van der Waals surface area contributed by atoms with Crippen LogP contribution in [0.25, 0.3) is 0 Å². The molecule has 0 saturated heterocycles. The maximum Gasteiger partial charge on any atom is 0.416 e. The third-order valence-electron chi connectivity index (χ3n) is 2.92. The Morgan fingerprint density at radius 2 is 1.79 bits per heavy atom. The number of hydrogen-bond acceptors (Lipinski definition) is 3. The van der Waals surface area contributed by atoms with E-state index in [4.69, 9.17) is 16.2 Å². The predicted molar refractivity (Wildman–Crippen MR) is 85.6 cm³/mol. The lowest BCUT2D eigenvalue weighted by Gasteiger charge is -2.09. The highest BCUT2D eigenvalue weighted by atomic mass is 19.4. The predicted octanol–water partition coefficient (Wildman–Crippen LogP) is 2.89. The lowest BCUT2D eigenvalue weighted by atomic mass is 10.1. The maximum atomic E-state index is 12.5. The van der Waals surface area contributed by atoms with Crippen LogP contribution in [0.4, 0.5) is 13.2 Å². The fourth-order valence-corrected chi connectivity index (χ4v) is 1.80. The van der Waals surface area contributed by atoms with E-state index < -0.39 is 11.7 Å². The van der Waals surface area contributed by atoms with Crippen molar-refractivity contribution in [3.05, 3.63) is 65.2 Å². The van der Waals surface area contributed by atoms with Crippen molar-refractivity contribution in [3.8, 4) is 5.75 Å². The molecular weight excluding hydrogens is 321 g/mol. The van der Waals surface area contributed by atoms with Gasteiger partial charge in [-0.25, -0.2) is 0 Å². The number of hydrogen-bond donors (Lipinski definition) is 2. The van der Waals surface area contributed by atoms with Gasteiger partial charge < -0.3 is 16.2 Å². The van der Waals surface area contributed by atoms with Crippen LogP contribution in [0.5, 0.6) is 5.75 Å². The fraction of sp³-hybridized carbons (Fsp3) is 0.125. The van der Waals surface area contributed by atoms with Crippen LogP contribution in [-0.2, 0) is 12.8 Å². The molecule has 0 atom stereocenters. The molecule has 0 aliphatic rings. The van der Waals surface area contributed by atoms with Gasteiger partial charge in [0.25, 0.3) is 0 Å². The van der Waals surface area contributed by atoms with Crippen molar-refractivity contribution in [2.24, 2.45) is 21.7 Å². The van der Waals surface area contributed by atoms with E-state index in [1.54, 1.807) is 24.3 Å². The Kier molecular flexibility index (Phi) is 5.41. The topological polar surface area (TPSA) is 86.0 Å². The minimum atomic E-state index is -4.34. The molecule has 0 aliphatic heterocycles. The SMILES string of the molecule is NC(N)=NN=Cc1cccc(OCc2ccc(C(F)(F)F)cc2)c1. The molecule has 2 aromatic rings. The molecule has 126 valence electrons. The Morgan fingerprint density at radius 3 is 2.42 bits per heavy atom. The summed E-state index contributed by atoms with van der Waals surface area (Å²) in [5, 5.41) is 7.16. The number of rotatable bonds is 5. The Morgan fingerprint density at radius 1 is 1.08 bits per heavy atom. The van der Waals surface area contributed by atoms with Crippen LogP contribution in [0.15, 0.2) is 58.7 Å². The van der Waals surface area contributed by atoms with Gasteiger partial charge in [-0.15, -0.1) is 5.10 Å². The summed E-state index contributed by atoms with van der Waals surface area (Å²) in [6, 6.07) is 11.8. The summed E-state index contributed by atoms with van der Waals surface area (Å²) in [5.74, 6) is 0.393. The molecule has 24 heavy (non-hydrogen) atoms. The van der Waals surface area contributed by atoms with Crippen LogP contribution in [0.3, 0.4) is 0 Å². The molecule has 0 amide bonds. The summed E-state index contributed by atoms with van der Waals surface area (Å²) in [6.07, 6.45) is -2.90. The molecule has 0 aromatic heterocycles. The highest BCUT2D eigenvalue weighted by molar-refractivity contribution is 5.81. The number of nitrogens with zero attached hydrogens (tertiary/aromatic N) is 2. The number of guanidine groups is 1. The van der Waals surface area contributed by atoms with Crippen molar-refractivity contribution in [2.75, 3.05) is 0 Å². The lowest BCUT2D eigenvalue weighted by molar-refractivity contribution is -0.137. The summed E-state index contributed by atoms with van der Waals surface area (Å²) in [5.41, 5.74) is 11.0. The normalized spacial score (nSPS) is 11.5. The molecule has 8 heteroatoms. The van der Waals surface area contributed by atoms with Gasteiger partial charge in [0.2, 0.25) is 5.96 Å². The van der Waals surface area contributed by atoms with E-state index in [2.05, 4.69) is 10.2 Å². The molecule has 0 spiro atoms. The Labute approximate surface area is 136 Å². The standard InChI is InChI=1S/C16H15F3N4O/c17-16(18,19)13-6-4-11(5-7-13)10-24-14-3-1-2-12(8-14)9-22-23-15(20)21/h1-9H,10H2,(H4,20,21,23). The van der Waals surface area contributed by atoms with E-state index in [-0.39, 0.29) is 12.6 Å². The van der Waals surface area contributed by atoms with Crippen molar-refractivity contribution in [1.82, 2.24) is 0 Å². The molecule has 0 aliphatic carbocycles. The quantitative estimate of drug-likeness (QED) is 0.500. The van der Waals surface area contributed by atoms with Gasteiger partial charge in [0, 0.05) is 0 Å². The van der Waals surface area contributed by atoms with Gasteiger partial charge in [-0.05, 0) is 35.4 Å². The van der Waals surface area contributed by atoms with Gasteiger partial charge in [0.05, 0.1) is 11.8 Å². The van der Waals surface area contributed by atoms with E-state index >= 15 is 0 Å². The van der Waals surface area contributed by atoms with Crippen molar-refractivity contribution in [1.29, 1.82) is 0 Å². The van der Waals surface area contributed by atoms with Crippen molar-refractivity contribution in [3.63, 3.8) is 0 Å². The van der Waals surface area contributed by atoms with Crippen LogP contribution in [0.2, 0.25) is 0 Å². The van der Waals surface area contributed by atoms with E-state index in [0.29, 0.717) is 16.9 Å². The first-order valence-electron chi connectivity index (χ1n) is 6.85. The van der Waals surface area contributed by atoms with Gasteiger partial charge in [0.1, 0.15) is 12.4 Å². The Balaban J connectivity index is 1.99. The molecule has 0 fully saturated rings. The smallest absolute Gasteiger partial charge is 0.416 e. The fourth-order valence-electron chi connectivity index (χ4n) is 1.80. The molecular formula is C16H15F3N4O. The second-order valence-electron chi connectivity index (χ2n) is 4.83. The third kappa shape index (κ3) is 5.31. The molecule has 4 N–H and O–H groups in total. The second-order valence-corrected chi connectivity index (χ2v) is 4.83. The minimum absolute atomic E-state index is 0.145.